The maximum absolute atomic E-state index is 11.8. The van der Waals surface area contributed by atoms with Crippen LogP contribution in [0.4, 0.5) is 0 Å². The van der Waals surface area contributed by atoms with Crippen LogP contribution in [0.2, 0.25) is 0 Å². The molecule has 2 aromatic rings. The summed E-state index contributed by atoms with van der Waals surface area (Å²) in [6.45, 7) is 0. The van der Waals surface area contributed by atoms with Crippen LogP contribution in [0.1, 0.15) is 11.1 Å². The topological polar surface area (TPSA) is 58.9 Å². The molecule has 1 aliphatic rings. The first-order valence-corrected chi connectivity index (χ1v) is 6.35. The summed E-state index contributed by atoms with van der Waals surface area (Å²) in [4.78, 5) is 16.2. The average Bonchev–Trinajstić information content (AvgIpc) is 2.84. The van der Waals surface area contributed by atoms with Gasteiger partial charge in [0.15, 0.2) is 6.04 Å². The molecule has 0 amide bonds. The summed E-state index contributed by atoms with van der Waals surface area (Å²) in [5.74, 6) is 0.243. The van der Waals surface area contributed by atoms with E-state index in [2.05, 4.69) is 4.99 Å². The van der Waals surface area contributed by atoms with E-state index in [0.717, 1.165) is 11.1 Å². The van der Waals surface area contributed by atoms with Gasteiger partial charge in [0.25, 0.3) is 0 Å². The molecule has 1 atom stereocenters. The van der Waals surface area contributed by atoms with Gasteiger partial charge in [0.1, 0.15) is 5.75 Å². The molecule has 0 aliphatic carbocycles. The fourth-order valence-corrected chi connectivity index (χ4v) is 2.08. The van der Waals surface area contributed by atoms with Gasteiger partial charge in [-0.3, -0.25) is 0 Å². The fourth-order valence-electron chi connectivity index (χ4n) is 2.08. The Hall–Kier alpha value is -2.62. The Labute approximate surface area is 116 Å². The van der Waals surface area contributed by atoms with E-state index in [0.29, 0.717) is 12.3 Å². The Morgan fingerprint density at radius 1 is 1.05 bits per heavy atom. The van der Waals surface area contributed by atoms with Crippen molar-refractivity contribution in [2.75, 3.05) is 0 Å². The van der Waals surface area contributed by atoms with Crippen LogP contribution in [0.5, 0.6) is 5.75 Å². The van der Waals surface area contributed by atoms with Gasteiger partial charge >= 0.3 is 5.97 Å². The van der Waals surface area contributed by atoms with Gasteiger partial charge in [0, 0.05) is 12.0 Å². The quantitative estimate of drug-likeness (QED) is 0.868. The zero-order chi connectivity index (χ0) is 13.9. The Morgan fingerprint density at radius 2 is 1.75 bits per heavy atom. The van der Waals surface area contributed by atoms with Crippen LogP contribution in [0, 0.1) is 0 Å². The van der Waals surface area contributed by atoms with Crippen molar-refractivity contribution < 1.29 is 14.6 Å². The Morgan fingerprint density at radius 3 is 2.45 bits per heavy atom. The van der Waals surface area contributed by atoms with Crippen LogP contribution in [0.25, 0.3) is 0 Å². The van der Waals surface area contributed by atoms with Crippen LogP contribution in [-0.2, 0) is 16.0 Å². The zero-order valence-corrected chi connectivity index (χ0v) is 10.7. The number of aliphatic imine (C=N–C) groups is 1. The highest BCUT2D eigenvalue weighted by Gasteiger charge is 2.29. The van der Waals surface area contributed by atoms with Crippen LogP contribution < -0.4 is 0 Å². The van der Waals surface area contributed by atoms with Crippen molar-refractivity contribution in [3.05, 3.63) is 65.7 Å². The standard InChI is InChI=1S/C16H13NO3/c18-13-8-6-11(7-9-13)10-14-16(19)20-15(17-14)12-4-2-1-3-5-12/h1-9,14,18H,10H2/t14-/m0/s1. The van der Waals surface area contributed by atoms with E-state index in [9.17, 15) is 9.90 Å². The van der Waals surface area contributed by atoms with Crippen molar-refractivity contribution >= 4 is 11.9 Å². The molecule has 2 aromatic carbocycles. The number of carbonyl (C=O) groups excluding carboxylic acids is 1. The van der Waals surface area contributed by atoms with Crippen LogP contribution in [0.15, 0.2) is 59.6 Å². The van der Waals surface area contributed by atoms with Gasteiger partial charge in [-0.1, -0.05) is 30.3 Å². The molecule has 4 nitrogen and oxygen atoms in total. The summed E-state index contributed by atoms with van der Waals surface area (Å²) in [7, 11) is 0. The molecule has 20 heavy (non-hydrogen) atoms. The maximum atomic E-state index is 11.8. The number of ether oxygens (including phenoxy) is 1. The van der Waals surface area contributed by atoms with E-state index in [1.807, 2.05) is 30.3 Å². The molecule has 3 rings (SSSR count). The van der Waals surface area contributed by atoms with Crippen molar-refractivity contribution in [2.24, 2.45) is 4.99 Å². The zero-order valence-electron chi connectivity index (χ0n) is 10.7. The molecule has 1 aliphatic heterocycles. The highest BCUT2D eigenvalue weighted by molar-refractivity contribution is 6.06. The molecule has 100 valence electrons. The molecule has 0 saturated carbocycles. The Kier molecular flexibility index (Phi) is 3.21. The van der Waals surface area contributed by atoms with Crippen LogP contribution >= 0.6 is 0 Å². The number of esters is 1. The molecular weight excluding hydrogens is 254 g/mol. The summed E-state index contributed by atoms with van der Waals surface area (Å²) >= 11 is 0. The summed E-state index contributed by atoms with van der Waals surface area (Å²) in [6, 6.07) is 15.6. The number of phenolic OH excluding ortho intramolecular Hbond substituents is 1. The third-order valence-electron chi connectivity index (χ3n) is 3.13. The first-order chi connectivity index (χ1) is 9.72. The summed E-state index contributed by atoms with van der Waals surface area (Å²) in [5, 5.41) is 9.24. The van der Waals surface area contributed by atoms with Gasteiger partial charge in [-0.2, -0.15) is 0 Å². The second kappa shape index (κ2) is 5.17. The number of hydrogen-bond donors (Lipinski definition) is 1. The van der Waals surface area contributed by atoms with Crippen molar-refractivity contribution in [2.45, 2.75) is 12.5 Å². The average molecular weight is 267 g/mol. The largest absolute Gasteiger partial charge is 0.508 e. The van der Waals surface area contributed by atoms with E-state index in [4.69, 9.17) is 4.74 Å². The fraction of sp³-hybridized carbons (Fsp3) is 0.125. The Balaban J connectivity index is 1.79. The minimum Gasteiger partial charge on any atom is -0.508 e. The smallest absolute Gasteiger partial charge is 0.338 e. The normalized spacial score (nSPS) is 17.7. The van der Waals surface area contributed by atoms with E-state index >= 15 is 0 Å². The predicted molar refractivity (Wildman–Crippen MR) is 74.7 cm³/mol. The molecular formula is C16H13NO3. The van der Waals surface area contributed by atoms with E-state index in [1.54, 1.807) is 24.3 Å². The molecule has 0 aromatic heterocycles. The molecule has 0 radical (unpaired) electrons. The first kappa shape index (κ1) is 12.4. The molecule has 0 fully saturated rings. The van der Waals surface area contributed by atoms with E-state index in [1.165, 1.54) is 0 Å². The second-order valence-corrected chi connectivity index (χ2v) is 4.61. The molecule has 1 heterocycles. The number of benzene rings is 2. The molecule has 0 unspecified atom stereocenters. The number of cyclic esters (lactones) is 1. The number of nitrogens with zero attached hydrogens (tertiary/aromatic N) is 1. The van der Waals surface area contributed by atoms with Gasteiger partial charge in [-0.25, -0.2) is 9.79 Å². The monoisotopic (exact) mass is 267 g/mol. The number of rotatable bonds is 3. The number of aromatic hydroxyl groups is 1. The summed E-state index contributed by atoms with van der Waals surface area (Å²) in [6.07, 6.45) is 0.468. The van der Waals surface area contributed by atoms with E-state index < -0.39 is 6.04 Å². The minimum atomic E-state index is -0.519. The van der Waals surface area contributed by atoms with Crippen LogP contribution in [0.3, 0.4) is 0 Å². The predicted octanol–water partition coefficient (Wildman–Crippen LogP) is 2.31. The van der Waals surface area contributed by atoms with Crippen molar-refractivity contribution in [3.8, 4) is 5.75 Å². The van der Waals surface area contributed by atoms with Crippen molar-refractivity contribution in [1.82, 2.24) is 0 Å². The minimum absolute atomic E-state index is 0.205. The van der Waals surface area contributed by atoms with Gasteiger partial charge < -0.3 is 9.84 Å². The maximum Gasteiger partial charge on any atom is 0.338 e. The highest BCUT2D eigenvalue weighted by atomic mass is 16.6. The van der Waals surface area contributed by atoms with Gasteiger partial charge in [0.05, 0.1) is 0 Å². The third-order valence-corrected chi connectivity index (χ3v) is 3.13. The van der Waals surface area contributed by atoms with E-state index in [-0.39, 0.29) is 11.7 Å². The third kappa shape index (κ3) is 2.54. The number of hydrogen-bond acceptors (Lipinski definition) is 4. The number of carbonyl (C=O) groups is 1. The second-order valence-electron chi connectivity index (χ2n) is 4.61. The molecule has 1 N–H and O–H groups in total. The SMILES string of the molecule is O=C1OC(c2ccccc2)=N[C@H]1Cc1ccc(O)cc1. The van der Waals surface area contributed by atoms with Gasteiger partial charge in [0.2, 0.25) is 5.90 Å². The van der Waals surface area contributed by atoms with Gasteiger partial charge in [-0.15, -0.1) is 0 Å². The van der Waals surface area contributed by atoms with Crippen molar-refractivity contribution in [3.63, 3.8) is 0 Å². The van der Waals surface area contributed by atoms with Gasteiger partial charge in [-0.05, 0) is 29.8 Å². The molecule has 0 bridgehead atoms. The van der Waals surface area contributed by atoms with Crippen molar-refractivity contribution in [1.29, 1.82) is 0 Å². The summed E-state index contributed by atoms with van der Waals surface area (Å²) in [5.41, 5.74) is 1.73. The number of phenols is 1. The highest BCUT2D eigenvalue weighted by Crippen LogP contribution is 2.18. The summed E-state index contributed by atoms with van der Waals surface area (Å²) < 4.78 is 5.22. The lowest BCUT2D eigenvalue weighted by Gasteiger charge is -2.03. The Bertz CT molecular complexity index is 647. The lowest BCUT2D eigenvalue weighted by Crippen LogP contribution is -2.17. The molecule has 4 heteroatoms. The lowest BCUT2D eigenvalue weighted by atomic mass is 10.1. The first-order valence-electron chi connectivity index (χ1n) is 6.35. The molecule has 0 spiro atoms. The molecule has 0 saturated heterocycles. The van der Waals surface area contributed by atoms with Crippen LogP contribution in [-0.4, -0.2) is 23.0 Å². The lowest BCUT2D eigenvalue weighted by molar-refractivity contribution is -0.134.